The average molecular weight is 439 g/mol. The fraction of sp³-hybridized carbons (Fsp3) is 0.500. The van der Waals surface area contributed by atoms with Gasteiger partial charge in [0.15, 0.2) is 0 Å². The van der Waals surface area contributed by atoms with Crippen LogP contribution in [0.2, 0.25) is 0 Å². The van der Waals surface area contributed by atoms with Crippen LogP contribution in [-0.4, -0.2) is 61.1 Å². The van der Waals surface area contributed by atoms with Crippen LogP contribution in [-0.2, 0) is 0 Å². The quantitative estimate of drug-likeness (QED) is 0.724. The standard InChI is InChI=1S/C26H35FN4O/c1-19(2)29-14-16-30(17-15-29)25-18-23(27)8-9-24(25)28-26(32)31-12-10-22(11-13-31)21-6-4-20(3)5-7-21/h4-9,18-19,22H,10-17H2,1-3H3,(H,28,32). The zero-order valence-corrected chi connectivity index (χ0v) is 19.5. The number of anilines is 2. The molecule has 1 N–H and O–H groups in total. The van der Waals surface area contributed by atoms with Crippen LogP contribution in [0, 0.1) is 12.7 Å². The van der Waals surface area contributed by atoms with Crippen molar-refractivity contribution in [1.82, 2.24) is 9.80 Å². The molecule has 2 amide bonds. The van der Waals surface area contributed by atoms with Crippen molar-refractivity contribution in [3.8, 4) is 0 Å². The fourth-order valence-electron chi connectivity index (χ4n) is 4.80. The normalized spacial score (nSPS) is 18.3. The lowest BCUT2D eigenvalue weighted by atomic mass is 9.89. The number of rotatable bonds is 4. The summed E-state index contributed by atoms with van der Waals surface area (Å²) in [5, 5.41) is 3.07. The Morgan fingerprint density at radius 2 is 1.62 bits per heavy atom. The van der Waals surface area contributed by atoms with Crippen LogP contribution >= 0.6 is 0 Å². The largest absolute Gasteiger partial charge is 0.367 e. The van der Waals surface area contributed by atoms with E-state index in [1.807, 2.05) is 4.90 Å². The molecule has 0 aliphatic carbocycles. The number of amides is 2. The van der Waals surface area contributed by atoms with Crippen molar-refractivity contribution in [3.05, 3.63) is 59.4 Å². The summed E-state index contributed by atoms with van der Waals surface area (Å²) < 4.78 is 14.1. The highest BCUT2D eigenvalue weighted by atomic mass is 19.1. The highest BCUT2D eigenvalue weighted by Gasteiger charge is 2.26. The van der Waals surface area contributed by atoms with Gasteiger partial charge in [-0.2, -0.15) is 0 Å². The SMILES string of the molecule is Cc1ccc(C2CCN(C(=O)Nc3ccc(F)cc3N3CCN(C(C)C)CC3)CC2)cc1. The predicted octanol–water partition coefficient (Wildman–Crippen LogP) is 5.08. The molecular weight excluding hydrogens is 403 g/mol. The summed E-state index contributed by atoms with van der Waals surface area (Å²) >= 11 is 0. The van der Waals surface area contributed by atoms with Gasteiger partial charge in [0.1, 0.15) is 5.82 Å². The van der Waals surface area contributed by atoms with Gasteiger partial charge >= 0.3 is 6.03 Å². The Hall–Kier alpha value is -2.60. The maximum absolute atomic E-state index is 14.1. The Kier molecular flexibility index (Phi) is 6.99. The number of nitrogens with one attached hydrogen (secondary N) is 1. The summed E-state index contributed by atoms with van der Waals surface area (Å²) in [6, 6.07) is 13.8. The molecule has 32 heavy (non-hydrogen) atoms. The lowest BCUT2D eigenvalue weighted by molar-refractivity contribution is 0.194. The van der Waals surface area contributed by atoms with E-state index >= 15 is 0 Å². The summed E-state index contributed by atoms with van der Waals surface area (Å²) in [7, 11) is 0. The number of carbonyl (C=O) groups excluding carboxylic acids is 1. The molecule has 0 spiro atoms. The van der Waals surface area contributed by atoms with Gasteiger partial charge in [0.2, 0.25) is 0 Å². The molecule has 0 unspecified atom stereocenters. The van der Waals surface area contributed by atoms with Gasteiger partial charge in [-0.1, -0.05) is 29.8 Å². The molecule has 2 heterocycles. The van der Waals surface area contributed by atoms with Crippen molar-refractivity contribution >= 4 is 17.4 Å². The number of halogens is 1. The van der Waals surface area contributed by atoms with Crippen LogP contribution in [0.5, 0.6) is 0 Å². The predicted molar refractivity (Wildman–Crippen MR) is 129 cm³/mol. The molecule has 2 aromatic rings. The Balaban J connectivity index is 1.38. The molecule has 0 aromatic heterocycles. The first kappa shape index (κ1) is 22.6. The second kappa shape index (κ2) is 9.90. The third kappa shape index (κ3) is 5.23. The number of piperidine rings is 1. The van der Waals surface area contributed by atoms with Crippen LogP contribution in [0.4, 0.5) is 20.6 Å². The van der Waals surface area contributed by atoms with Gasteiger partial charge in [-0.15, -0.1) is 0 Å². The molecule has 6 heteroatoms. The topological polar surface area (TPSA) is 38.8 Å². The number of piperazine rings is 1. The van der Waals surface area contributed by atoms with E-state index in [0.717, 1.165) is 57.8 Å². The van der Waals surface area contributed by atoms with E-state index in [-0.39, 0.29) is 11.8 Å². The molecule has 0 radical (unpaired) electrons. The Bertz CT molecular complexity index is 914. The molecule has 4 rings (SSSR count). The first-order valence-corrected chi connectivity index (χ1v) is 11.8. The van der Waals surface area contributed by atoms with E-state index < -0.39 is 0 Å². The zero-order chi connectivity index (χ0) is 22.7. The summed E-state index contributed by atoms with van der Waals surface area (Å²) in [5.41, 5.74) is 4.09. The van der Waals surface area contributed by atoms with E-state index in [2.05, 4.69) is 60.2 Å². The van der Waals surface area contributed by atoms with Gasteiger partial charge in [-0.05, 0) is 63.3 Å². The monoisotopic (exact) mass is 438 g/mol. The maximum Gasteiger partial charge on any atom is 0.321 e. The summed E-state index contributed by atoms with van der Waals surface area (Å²) in [6.07, 6.45) is 1.92. The molecule has 2 fully saturated rings. The van der Waals surface area contributed by atoms with Crippen molar-refractivity contribution in [2.45, 2.75) is 45.6 Å². The van der Waals surface area contributed by atoms with Crippen LogP contribution in [0.1, 0.15) is 43.7 Å². The third-order valence-corrected chi connectivity index (χ3v) is 6.92. The van der Waals surface area contributed by atoms with Crippen molar-refractivity contribution in [2.24, 2.45) is 0 Å². The summed E-state index contributed by atoms with van der Waals surface area (Å²) in [4.78, 5) is 19.5. The van der Waals surface area contributed by atoms with Crippen LogP contribution in [0.25, 0.3) is 0 Å². The highest BCUT2D eigenvalue weighted by Crippen LogP contribution is 2.31. The van der Waals surface area contributed by atoms with Gasteiger partial charge < -0.3 is 15.1 Å². The number of hydrogen-bond donors (Lipinski definition) is 1. The van der Waals surface area contributed by atoms with Gasteiger partial charge in [0.05, 0.1) is 11.4 Å². The first-order valence-electron chi connectivity index (χ1n) is 11.8. The van der Waals surface area contributed by atoms with E-state index in [4.69, 9.17) is 0 Å². The molecule has 0 bridgehead atoms. The first-order chi connectivity index (χ1) is 15.4. The van der Waals surface area contributed by atoms with Crippen molar-refractivity contribution in [3.63, 3.8) is 0 Å². The van der Waals surface area contributed by atoms with Gasteiger partial charge in [0.25, 0.3) is 0 Å². The van der Waals surface area contributed by atoms with Gasteiger partial charge in [0, 0.05) is 45.3 Å². The summed E-state index contributed by atoms with van der Waals surface area (Å²) in [6.45, 7) is 11.5. The van der Waals surface area contributed by atoms with Crippen molar-refractivity contribution < 1.29 is 9.18 Å². The minimum Gasteiger partial charge on any atom is -0.367 e. The molecule has 2 aliphatic heterocycles. The second-order valence-electron chi connectivity index (χ2n) is 9.38. The Morgan fingerprint density at radius 1 is 0.969 bits per heavy atom. The van der Waals surface area contributed by atoms with Crippen molar-refractivity contribution in [2.75, 3.05) is 49.5 Å². The number of likely N-dealkylation sites (tertiary alicyclic amines) is 1. The summed E-state index contributed by atoms with van der Waals surface area (Å²) in [5.74, 6) is 0.224. The van der Waals surface area contributed by atoms with Crippen LogP contribution < -0.4 is 10.2 Å². The smallest absolute Gasteiger partial charge is 0.321 e. The number of urea groups is 1. The second-order valence-corrected chi connectivity index (χ2v) is 9.38. The molecule has 2 saturated heterocycles. The number of carbonyl (C=O) groups is 1. The van der Waals surface area contributed by atoms with Gasteiger partial charge in [-0.3, -0.25) is 4.90 Å². The molecule has 2 aromatic carbocycles. The van der Waals surface area contributed by atoms with Gasteiger partial charge in [-0.25, -0.2) is 9.18 Å². The minimum absolute atomic E-state index is 0.0963. The number of hydrogen-bond acceptors (Lipinski definition) is 3. The molecule has 0 saturated carbocycles. The highest BCUT2D eigenvalue weighted by molar-refractivity contribution is 5.93. The van der Waals surface area contributed by atoms with E-state index in [1.54, 1.807) is 12.1 Å². The zero-order valence-electron chi connectivity index (χ0n) is 19.5. The third-order valence-electron chi connectivity index (χ3n) is 6.92. The van der Waals surface area contributed by atoms with E-state index in [1.165, 1.54) is 17.2 Å². The molecule has 2 aliphatic rings. The number of nitrogens with zero attached hydrogens (tertiary/aromatic N) is 3. The lowest BCUT2D eigenvalue weighted by Gasteiger charge is -2.39. The number of aryl methyl sites for hydroxylation is 1. The lowest BCUT2D eigenvalue weighted by Crippen LogP contribution is -2.49. The molecule has 5 nitrogen and oxygen atoms in total. The fourth-order valence-corrected chi connectivity index (χ4v) is 4.80. The molecule has 0 atom stereocenters. The van der Waals surface area contributed by atoms with Crippen molar-refractivity contribution in [1.29, 1.82) is 0 Å². The maximum atomic E-state index is 14.1. The minimum atomic E-state index is -0.275. The molecular formula is C26H35FN4O. The Labute approximate surface area is 191 Å². The van der Waals surface area contributed by atoms with E-state index in [0.29, 0.717) is 17.6 Å². The number of benzene rings is 2. The average Bonchev–Trinajstić information content (AvgIpc) is 2.81. The molecule has 172 valence electrons. The van der Waals surface area contributed by atoms with E-state index in [9.17, 15) is 9.18 Å². The van der Waals surface area contributed by atoms with Crippen LogP contribution in [0.3, 0.4) is 0 Å². The van der Waals surface area contributed by atoms with Crippen LogP contribution in [0.15, 0.2) is 42.5 Å². The Morgan fingerprint density at radius 3 is 2.25 bits per heavy atom.